The van der Waals surface area contributed by atoms with Gasteiger partial charge in [0.25, 0.3) is 0 Å². The van der Waals surface area contributed by atoms with Crippen molar-refractivity contribution in [1.29, 1.82) is 0 Å². The number of nitrogens with zero attached hydrogens (tertiary/aromatic N) is 1. The van der Waals surface area contributed by atoms with Gasteiger partial charge in [-0.05, 0) is 13.0 Å². The van der Waals surface area contributed by atoms with Crippen molar-refractivity contribution >= 4 is 11.8 Å². The molecule has 0 bridgehead atoms. The van der Waals surface area contributed by atoms with Gasteiger partial charge in [-0.2, -0.15) is 4.99 Å². The fraction of sp³-hybridized carbons (Fsp3) is 0.100. The minimum Gasteiger partial charge on any atom is -0.211 e. The number of aryl methyl sites for hydroxylation is 1. The highest BCUT2D eigenvalue weighted by Crippen LogP contribution is 2.13. The highest BCUT2D eigenvalue weighted by Gasteiger charge is 1.95. The molecule has 0 saturated carbocycles. The van der Waals surface area contributed by atoms with Crippen LogP contribution >= 0.6 is 0 Å². The molecule has 0 unspecified atom stereocenters. The summed E-state index contributed by atoms with van der Waals surface area (Å²) in [5, 5.41) is 0. The average Bonchev–Trinajstić information content (AvgIpc) is 2.05. The van der Waals surface area contributed by atoms with Crippen LogP contribution in [0.5, 0.6) is 0 Å². The second kappa shape index (κ2) is 3.65. The Hall–Kier alpha value is -1.66. The summed E-state index contributed by atoms with van der Waals surface area (Å²) in [5.41, 5.74) is 2.43. The smallest absolute Gasteiger partial charge is 0.211 e. The van der Waals surface area contributed by atoms with Gasteiger partial charge in [-0.1, -0.05) is 30.3 Å². The SMILES string of the molecule is C=C(N=C=O)c1cccc(C)c1. The maximum Gasteiger partial charge on any atom is 0.240 e. The predicted octanol–water partition coefficient (Wildman–Crippen LogP) is 2.30. The molecule has 0 aliphatic carbocycles. The zero-order valence-corrected chi connectivity index (χ0v) is 6.87. The number of aliphatic imine (C=N–C) groups is 1. The fourth-order valence-electron chi connectivity index (χ4n) is 0.944. The van der Waals surface area contributed by atoms with Gasteiger partial charge in [0.1, 0.15) is 0 Å². The number of hydrogen-bond donors (Lipinski definition) is 0. The summed E-state index contributed by atoms with van der Waals surface area (Å²) >= 11 is 0. The van der Waals surface area contributed by atoms with Gasteiger partial charge in [0.15, 0.2) is 0 Å². The number of isocyanates is 1. The molecule has 2 nitrogen and oxygen atoms in total. The molecule has 12 heavy (non-hydrogen) atoms. The van der Waals surface area contributed by atoms with E-state index in [9.17, 15) is 4.79 Å². The standard InChI is InChI=1S/C10H9NO/c1-8-4-3-5-10(6-8)9(2)11-7-12/h3-6H,2H2,1H3. The summed E-state index contributed by atoms with van der Waals surface area (Å²) in [6.45, 7) is 5.60. The molecule has 1 aromatic rings. The Morgan fingerprint density at radius 1 is 1.58 bits per heavy atom. The second-order valence-corrected chi connectivity index (χ2v) is 2.52. The maximum absolute atomic E-state index is 9.92. The van der Waals surface area contributed by atoms with Crippen LogP contribution < -0.4 is 0 Å². The van der Waals surface area contributed by atoms with Crippen LogP contribution in [0.4, 0.5) is 0 Å². The number of benzene rings is 1. The topological polar surface area (TPSA) is 29.4 Å². The Balaban J connectivity index is 3.03. The molecule has 1 aromatic carbocycles. The summed E-state index contributed by atoms with van der Waals surface area (Å²) in [6, 6.07) is 7.65. The summed E-state index contributed by atoms with van der Waals surface area (Å²) in [6.07, 6.45) is 1.46. The number of rotatable bonds is 2. The van der Waals surface area contributed by atoms with Crippen LogP contribution in [-0.2, 0) is 4.79 Å². The van der Waals surface area contributed by atoms with Crippen LogP contribution in [-0.4, -0.2) is 6.08 Å². The van der Waals surface area contributed by atoms with E-state index in [-0.39, 0.29) is 0 Å². The first kappa shape index (κ1) is 8.44. The second-order valence-electron chi connectivity index (χ2n) is 2.52. The van der Waals surface area contributed by atoms with Gasteiger partial charge in [-0.15, -0.1) is 0 Å². The van der Waals surface area contributed by atoms with E-state index in [1.54, 1.807) is 0 Å². The summed E-state index contributed by atoms with van der Waals surface area (Å²) in [4.78, 5) is 13.4. The summed E-state index contributed by atoms with van der Waals surface area (Å²) < 4.78 is 0. The summed E-state index contributed by atoms with van der Waals surface area (Å²) in [5.74, 6) is 0. The van der Waals surface area contributed by atoms with E-state index in [2.05, 4.69) is 11.6 Å². The van der Waals surface area contributed by atoms with Crippen molar-refractivity contribution in [2.45, 2.75) is 6.92 Å². The Labute approximate surface area is 71.3 Å². The van der Waals surface area contributed by atoms with Gasteiger partial charge in [0.2, 0.25) is 6.08 Å². The van der Waals surface area contributed by atoms with Gasteiger partial charge in [0.05, 0.1) is 5.70 Å². The van der Waals surface area contributed by atoms with E-state index in [1.807, 2.05) is 31.2 Å². The molecule has 60 valence electrons. The lowest BCUT2D eigenvalue weighted by molar-refractivity contribution is 0.565. The third-order valence-electron chi connectivity index (χ3n) is 1.53. The third kappa shape index (κ3) is 1.91. The van der Waals surface area contributed by atoms with Gasteiger partial charge in [-0.25, -0.2) is 4.79 Å². The van der Waals surface area contributed by atoms with Crippen LogP contribution in [0.3, 0.4) is 0 Å². The van der Waals surface area contributed by atoms with Crippen LogP contribution in [0.15, 0.2) is 35.8 Å². The lowest BCUT2D eigenvalue weighted by Gasteiger charge is -1.98. The van der Waals surface area contributed by atoms with Crippen LogP contribution in [0.2, 0.25) is 0 Å². The lowest BCUT2D eigenvalue weighted by Crippen LogP contribution is -1.79. The molecule has 0 amide bonds. The van der Waals surface area contributed by atoms with Gasteiger partial charge in [0, 0.05) is 5.56 Å². The van der Waals surface area contributed by atoms with E-state index in [0.717, 1.165) is 11.1 Å². The Morgan fingerprint density at radius 3 is 2.92 bits per heavy atom. The molecule has 0 spiro atoms. The fourth-order valence-corrected chi connectivity index (χ4v) is 0.944. The Bertz CT molecular complexity index is 349. The van der Waals surface area contributed by atoms with Crippen LogP contribution in [0.1, 0.15) is 11.1 Å². The molecule has 0 atom stereocenters. The zero-order chi connectivity index (χ0) is 8.97. The van der Waals surface area contributed by atoms with E-state index >= 15 is 0 Å². The number of hydrogen-bond acceptors (Lipinski definition) is 2. The largest absolute Gasteiger partial charge is 0.240 e. The van der Waals surface area contributed by atoms with Crippen molar-refractivity contribution in [3.63, 3.8) is 0 Å². The Morgan fingerprint density at radius 2 is 2.33 bits per heavy atom. The third-order valence-corrected chi connectivity index (χ3v) is 1.53. The molecular formula is C10H9NO. The van der Waals surface area contributed by atoms with Gasteiger partial charge >= 0.3 is 0 Å². The molecule has 0 N–H and O–H groups in total. The van der Waals surface area contributed by atoms with Gasteiger partial charge < -0.3 is 0 Å². The number of carbonyl (C=O) groups excluding carboxylic acids is 1. The van der Waals surface area contributed by atoms with Gasteiger partial charge in [-0.3, -0.25) is 0 Å². The highest BCUT2D eigenvalue weighted by molar-refractivity contribution is 5.67. The van der Waals surface area contributed by atoms with Crippen molar-refractivity contribution in [3.8, 4) is 0 Å². The minimum absolute atomic E-state index is 0.453. The summed E-state index contributed by atoms with van der Waals surface area (Å²) in [7, 11) is 0. The first-order valence-corrected chi connectivity index (χ1v) is 3.58. The zero-order valence-electron chi connectivity index (χ0n) is 6.87. The molecule has 0 aliphatic heterocycles. The Kier molecular flexibility index (Phi) is 2.57. The molecular weight excluding hydrogens is 150 g/mol. The molecule has 0 fully saturated rings. The monoisotopic (exact) mass is 159 g/mol. The van der Waals surface area contributed by atoms with E-state index in [0.29, 0.717) is 5.70 Å². The maximum atomic E-state index is 9.92. The van der Waals surface area contributed by atoms with Crippen molar-refractivity contribution in [2.24, 2.45) is 4.99 Å². The van der Waals surface area contributed by atoms with Crippen molar-refractivity contribution in [3.05, 3.63) is 42.0 Å². The average molecular weight is 159 g/mol. The predicted molar refractivity (Wildman–Crippen MR) is 48.3 cm³/mol. The molecule has 0 radical (unpaired) electrons. The molecule has 0 heterocycles. The molecule has 2 heteroatoms. The van der Waals surface area contributed by atoms with E-state index in [1.165, 1.54) is 6.08 Å². The van der Waals surface area contributed by atoms with E-state index < -0.39 is 0 Å². The molecule has 1 rings (SSSR count). The first-order valence-electron chi connectivity index (χ1n) is 3.58. The van der Waals surface area contributed by atoms with Crippen LogP contribution in [0, 0.1) is 6.92 Å². The molecule has 0 saturated heterocycles. The van der Waals surface area contributed by atoms with Crippen molar-refractivity contribution in [2.75, 3.05) is 0 Å². The van der Waals surface area contributed by atoms with Crippen LogP contribution in [0.25, 0.3) is 5.70 Å². The highest BCUT2D eigenvalue weighted by atomic mass is 16.1. The minimum atomic E-state index is 0.453. The molecule has 0 aliphatic rings. The first-order chi connectivity index (χ1) is 5.74. The lowest BCUT2D eigenvalue weighted by atomic mass is 10.1. The van der Waals surface area contributed by atoms with E-state index in [4.69, 9.17) is 0 Å². The quantitative estimate of drug-likeness (QED) is 0.481. The van der Waals surface area contributed by atoms with Crippen molar-refractivity contribution < 1.29 is 4.79 Å². The van der Waals surface area contributed by atoms with Crippen molar-refractivity contribution in [1.82, 2.24) is 0 Å². The molecule has 0 aromatic heterocycles. The normalized spacial score (nSPS) is 8.75.